The number of hydrogen-bond donors (Lipinski definition) is 3. The zero-order valence-corrected chi connectivity index (χ0v) is 18.1. The van der Waals surface area contributed by atoms with Gasteiger partial charge in [0.05, 0.1) is 24.6 Å². The highest BCUT2D eigenvalue weighted by Gasteiger charge is 2.14. The topological polar surface area (TPSA) is 105 Å². The number of esters is 1. The van der Waals surface area contributed by atoms with Gasteiger partial charge in [0.2, 0.25) is 5.95 Å². The number of methoxy groups -OCH3 is 1. The molecule has 1 aromatic heterocycles. The number of nitrogens with one attached hydrogen (secondary N) is 3. The van der Waals surface area contributed by atoms with Crippen LogP contribution in [0.2, 0.25) is 0 Å². The fraction of sp³-hybridized carbons (Fsp3) is 0.0400. The summed E-state index contributed by atoms with van der Waals surface area (Å²) in [6.07, 6.45) is 1.01. The molecule has 0 aliphatic heterocycles. The van der Waals surface area contributed by atoms with Gasteiger partial charge in [0.1, 0.15) is 0 Å². The zero-order chi connectivity index (χ0) is 23.9. The van der Waals surface area contributed by atoms with Gasteiger partial charge in [-0.2, -0.15) is 4.98 Å². The molecule has 8 nitrogen and oxygen atoms in total. The van der Waals surface area contributed by atoms with Crippen molar-refractivity contribution in [3.05, 3.63) is 102 Å². The zero-order valence-electron chi connectivity index (χ0n) is 18.1. The Bertz CT molecular complexity index is 1310. The Labute approximate surface area is 194 Å². The van der Waals surface area contributed by atoms with E-state index in [2.05, 4.69) is 25.9 Å². The predicted molar refractivity (Wildman–Crippen MR) is 127 cm³/mol. The summed E-state index contributed by atoms with van der Waals surface area (Å²) < 4.78 is 19.1. The van der Waals surface area contributed by atoms with Crippen LogP contribution in [-0.2, 0) is 4.74 Å². The van der Waals surface area contributed by atoms with Crippen LogP contribution in [-0.4, -0.2) is 29.0 Å². The highest BCUT2D eigenvalue weighted by atomic mass is 19.1. The lowest BCUT2D eigenvalue weighted by molar-refractivity contribution is 0.0601. The lowest BCUT2D eigenvalue weighted by Gasteiger charge is -2.12. The number of para-hydroxylation sites is 2. The molecular weight excluding hydrogens is 437 g/mol. The summed E-state index contributed by atoms with van der Waals surface area (Å²) in [6, 6.07) is 22.3. The summed E-state index contributed by atoms with van der Waals surface area (Å²) in [7, 11) is 1.28. The number of ether oxygens (including phenoxy) is 1. The van der Waals surface area contributed by atoms with Crippen molar-refractivity contribution in [1.82, 2.24) is 9.97 Å². The van der Waals surface area contributed by atoms with Crippen LogP contribution in [0.25, 0.3) is 0 Å². The summed E-state index contributed by atoms with van der Waals surface area (Å²) >= 11 is 0. The molecule has 170 valence electrons. The molecule has 0 aliphatic rings. The van der Waals surface area contributed by atoms with Crippen LogP contribution < -0.4 is 16.0 Å². The van der Waals surface area contributed by atoms with Gasteiger partial charge in [-0.1, -0.05) is 30.3 Å². The number of halogens is 1. The van der Waals surface area contributed by atoms with Gasteiger partial charge in [0.15, 0.2) is 11.6 Å². The number of nitrogens with zero attached hydrogens (tertiary/aromatic N) is 2. The number of amides is 1. The molecule has 9 heteroatoms. The van der Waals surface area contributed by atoms with Crippen LogP contribution in [0.1, 0.15) is 20.7 Å². The molecule has 1 amide bonds. The van der Waals surface area contributed by atoms with E-state index in [1.54, 1.807) is 60.7 Å². The van der Waals surface area contributed by atoms with E-state index in [4.69, 9.17) is 4.74 Å². The fourth-order valence-corrected chi connectivity index (χ4v) is 3.08. The van der Waals surface area contributed by atoms with E-state index in [-0.39, 0.29) is 23.2 Å². The van der Waals surface area contributed by atoms with Gasteiger partial charge in [-0.3, -0.25) is 4.79 Å². The van der Waals surface area contributed by atoms with Crippen molar-refractivity contribution < 1.29 is 18.7 Å². The van der Waals surface area contributed by atoms with Gasteiger partial charge in [0.25, 0.3) is 5.91 Å². The highest BCUT2D eigenvalue weighted by molar-refractivity contribution is 6.04. The Hall–Kier alpha value is -4.79. The molecule has 34 heavy (non-hydrogen) atoms. The molecule has 4 rings (SSSR count). The molecule has 0 spiro atoms. The standard InChI is InChI=1S/C25H20FN5O3/c1-34-24(33)19-9-5-6-10-21(19)30-25-27-15-20(26)22(31-25)28-18-13-11-16(12-14-18)23(32)29-17-7-3-2-4-8-17/h2-15H,1H3,(H,29,32)(H2,27,28,30,31). The Morgan fingerprint density at radius 1 is 0.853 bits per heavy atom. The molecule has 0 bridgehead atoms. The van der Waals surface area contributed by atoms with Crippen molar-refractivity contribution in [3.8, 4) is 0 Å². The quantitative estimate of drug-likeness (QED) is 0.330. The first-order valence-electron chi connectivity index (χ1n) is 10.2. The average Bonchev–Trinajstić information content (AvgIpc) is 2.87. The van der Waals surface area contributed by atoms with Crippen molar-refractivity contribution in [2.24, 2.45) is 0 Å². The van der Waals surface area contributed by atoms with Gasteiger partial charge in [0, 0.05) is 16.9 Å². The summed E-state index contributed by atoms with van der Waals surface area (Å²) in [6.45, 7) is 0. The minimum absolute atomic E-state index is 0.0745. The predicted octanol–water partition coefficient (Wildman–Crippen LogP) is 5.14. The van der Waals surface area contributed by atoms with Crippen LogP contribution in [0, 0.1) is 5.82 Å². The largest absolute Gasteiger partial charge is 0.465 e. The summed E-state index contributed by atoms with van der Waals surface area (Å²) in [5, 5.41) is 8.58. The van der Waals surface area contributed by atoms with Crippen LogP contribution in [0.4, 0.5) is 33.2 Å². The molecule has 0 radical (unpaired) electrons. The molecule has 1 heterocycles. The van der Waals surface area contributed by atoms with Crippen LogP contribution in [0.3, 0.4) is 0 Å². The van der Waals surface area contributed by atoms with Gasteiger partial charge in [-0.05, 0) is 48.5 Å². The second-order valence-corrected chi connectivity index (χ2v) is 7.07. The molecule has 0 saturated heterocycles. The van der Waals surface area contributed by atoms with Crippen LogP contribution in [0.5, 0.6) is 0 Å². The number of benzene rings is 3. The van der Waals surface area contributed by atoms with E-state index in [0.717, 1.165) is 6.20 Å². The molecule has 0 saturated carbocycles. The molecule has 3 aromatic carbocycles. The Balaban J connectivity index is 1.48. The van der Waals surface area contributed by atoms with E-state index in [9.17, 15) is 14.0 Å². The average molecular weight is 457 g/mol. The third-order valence-electron chi connectivity index (χ3n) is 4.76. The van der Waals surface area contributed by atoms with Gasteiger partial charge in [-0.15, -0.1) is 0 Å². The van der Waals surface area contributed by atoms with Gasteiger partial charge in [-0.25, -0.2) is 14.2 Å². The summed E-state index contributed by atoms with van der Waals surface area (Å²) in [5.74, 6) is -1.45. The molecule has 3 N–H and O–H groups in total. The third kappa shape index (κ3) is 5.33. The maximum atomic E-state index is 14.4. The van der Waals surface area contributed by atoms with Crippen molar-refractivity contribution in [2.75, 3.05) is 23.1 Å². The Kier molecular flexibility index (Phi) is 6.73. The first-order valence-corrected chi connectivity index (χ1v) is 10.2. The smallest absolute Gasteiger partial charge is 0.339 e. The Morgan fingerprint density at radius 3 is 2.29 bits per heavy atom. The van der Waals surface area contributed by atoms with Crippen molar-refractivity contribution >= 4 is 40.7 Å². The molecule has 0 atom stereocenters. The lowest BCUT2D eigenvalue weighted by atomic mass is 10.2. The lowest BCUT2D eigenvalue weighted by Crippen LogP contribution is -2.11. The number of rotatable bonds is 7. The monoisotopic (exact) mass is 457 g/mol. The minimum Gasteiger partial charge on any atom is -0.465 e. The maximum absolute atomic E-state index is 14.4. The molecule has 0 fully saturated rings. The van der Waals surface area contributed by atoms with E-state index < -0.39 is 11.8 Å². The SMILES string of the molecule is COC(=O)c1ccccc1Nc1ncc(F)c(Nc2ccc(C(=O)Nc3ccccc3)cc2)n1. The number of anilines is 5. The second kappa shape index (κ2) is 10.2. The number of carbonyl (C=O) groups excluding carboxylic acids is 2. The van der Waals surface area contributed by atoms with Gasteiger partial charge < -0.3 is 20.7 Å². The first kappa shape index (κ1) is 22.4. The number of carbonyl (C=O) groups is 2. The van der Waals surface area contributed by atoms with E-state index in [0.29, 0.717) is 22.6 Å². The third-order valence-corrected chi connectivity index (χ3v) is 4.76. The summed E-state index contributed by atoms with van der Waals surface area (Å²) in [4.78, 5) is 32.5. The summed E-state index contributed by atoms with van der Waals surface area (Å²) in [5.41, 5.74) is 2.36. The van der Waals surface area contributed by atoms with E-state index in [1.165, 1.54) is 7.11 Å². The molecule has 0 unspecified atom stereocenters. The highest BCUT2D eigenvalue weighted by Crippen LogP contribution is 2.23. The second-order valence-electron chi connectivity index (χ2n) is 7.07. The minimum atomic E-state index is -0.669. The van der Waals surface area contributed by atoms with Crippen LogP contribution >= 0.6 is 0 Å². The first-order chi connectivity index (χ1) is 16.5. The van der Waals surface area contributed by atoms with Crippen molar-refractivity contribution in [3.63, 3.8) is 0 Å². The van der Waals surface area contributed by atoms with E-state index in [1.807, 2.05) is 18.2 Å². The van der Waals surface area contributed by atoms with Gasteiger partial charge >= 0.3 is 5.97 Å². The molecule has 0 aliphatic carbocycles. The fourth-order valence-electron chi connectivity index (χ4n) is 3.08. The number of aromatic nitrogens is 2. The number of hydrogen-bond acceptors (Lipinski definition) is 7. The maximum Gasteiger partial charge on any atom is 0.339 e. The molecule has 4 aromatic rings. The normalized spacial score (nSPS) is 10.3. The van der Waals surface area contributed by atoms with Crippen molar-refractivity contribution in [2.45, 2.75) is 0 Å². The Morgan fingerprint density at radius 2 is 1.56 bits per heavy atom. The van der Waals surface area contributed by atoms with E-state index >= 15 is 0 Å². The van der Waals surface area contributed by atoms with Crippen LogP contribution in [0.15, 0.2) is 85.1 Å². The molecular formula is C25H20FN5O3. The van der Waals surface area contributed by atoms with Crippen molar-refractivity contribution in [1.29, 1.82) is 0 Å².